The Morgan fingerprint density at radius 1 is 0.841 bits per heavy atom. The number of ketones is 1. The summed E-state index contributed by atoms with van der Waals surface area (Å²) in [6.45, 7) is 7.48. The number of carbonyl (C=O) groups is 9. The van der Waals surface area contributed by atoms with Crippen molar-refractivity contribution in [1.82, 2.24) is 36.1 Å². The van der Waals surface area contributed by atoms with Crippen LogP contribution in [0.1, 0.15) is 96.6 Å². The van der Waals surface area contributed by atoms with Crippen LogP contribution in [0.2, 0.25) is 0 Å². The first-order valence-electron chi connectivity index (χ1n) is 23.1. The highest BCUT2D eigenvalue weighted by atomic mass is 16.2. The Balaban J connectivity index is 0.919. The Morgan fingerprint density at radius 3 is 2.28 bits per heavy atom. The first-order valence-corrected chi connectivity index (χ1v) is 23.1. The first-order chi connectivity index (χ1) is 33.0. The number of hydrogen-bond acceptors (Lipinski definition) is 10. The topological polar surface area (TPSA) is 274 Å². The summed E-state index contributed by atoms with van der Waals surface area (Å²) >= 11 is 0. The number of nitrogens with zero attached hydrogens (tertiary/aromatic N) is 2. The maximum Gasteiger partial charge on any atom is 0.312 e. The molecule has 1 unspecified atom stereocenters. The van der Waals surface area contributed by atoms with Gasteiger partial charge in [-0.05, 0) is 91.6 Å². The number of nitrogens with one attached hydrogen (secondary N) is 7. The molecule has 1 saturated carbocycles. The fourth-order valence-electron chi connectivity index (χ4n) is 9.32. The molecule has 19 heteroatoms. The van der Waals surface area contributed by atoms with Crippen LogP contribution in [0.25, 0.3) is 10.9 Å². The van der Waals surface area contributed by atoms with Gasteiger partial charge in [-0.25, -0.2) is 4.79 Å². The molecule has 1 saturated heterocycles. The van der Waals surface area contributed by atoms with Crippen LogP contribution in [0.15, 0.2) is 84.6 Å². The van der Waals surface area contributed by atoms with Crippen molar-refractivity contribution < 1.29 is 43.2 Å². The van der Waals surface area contributed by atoms with Gasteiger partial charge in [-0.1, -0.05) is 38.1 Å². The summed E-state index contributed by atoms with van der Waals surface area (Å²) in [4.78, 5) is 120. The average molecular weight is 943 g/mol. The molecule has 69 heavy (non-hydrogen) atoms. The molecule has 4 atom stereocenters. The molecule has 362 valence electrons. The molecule has 2 fully saturated rings. The maximum atomic E-state index is 13.9. The van der Waals surface area contributed by atoms with Gasteiger partial charge in [0.05, 0.1) is 6.04 Å². The summed E-state index contributed by atoms with van der Waals surface area (Å²) in [5.41, 5.74) is 9.58. The zero-order chi connectivity index (χ0) is 49.6. The van der Waals surface area contributed by atoms with Gasteiger partial charge in [0.2, 0.25) is 29.5 Å². The van der Waals surface area contributed by atoms with Gasteiger partial charge in [0, 0.05) is 104 Å². The van der Waals surface area contributed by atoms with E-state index in [0.29, 0.717) is 58.5 Å². The van der Waals surface area contributed by atoms with E-state index in [1.54, 1.807) is 59.5 Å². The van der Waals surface area contributed by atoms with E-state index in [1.165, 1.54) is 13.8 Å². The summed E-state index contributed by atoms with van der Waals surface area (Å²) in [6, 6.07) is 18.3. The largest absolute Gasteiger partial charge is 0.355 e. The van der Waals surface area contributed by atoms with Crippen molar-refractivity contribution in [2.24, 2.45) is 17.6 Å². The minimum Gasteiger partial charge on any atom is -0.355 e. The third-order valence-corrected chi connectivity index (χ3v) is 12.9. The second-order valence-corrected chi connectivity index (χ2v) is 18.0. The highest BCUT2D eigenvalue weighted by Crippen LogP contribution is 2.66. The molecule has 9 N–H and O–H groups in total. The van der Waals surface area contributed by atoms with Crippen LogP contribution < -0.4 is 37.6 Å². The number of urea groups is 1. The van der Waals surface area contributed by atoms with Crippen LogP contribution in [0.5, 0.6) is 0 Å². The second kappa shape index (κ2) is 21.1. The van der Waals surface area contributed by atoms with Gasteiger partial charge in [-0.2, -0.15) is 0 Å². The number of H-pyrrole nitrogens is 1. The van der Waals surface area contributed by atoms with Gasteiger partial charge in [0.1, 0.15) is 11.7 Å². The quantitative estimate of drug-likeness (QED) is 0.0596. The van der Waals surface area contributed by atoms with Crippen LogP contribution in [0, 0.1) is 11.8 Å². The van der Waals surface area contributed by atoms with Crippen LogP contribution >= 0.6 is 0 Å². The van der Waals surface area contributed by atoms with Gasteiger partial charge in [-0.3, -0.25) is 43.3 Å². The summed E-state index contributed by atoms with van der Waals surface area (Å²) in [6.07, 6.45) is 3.38. The molecule has 1 spiro atoms. The number of primary amides is 1. The van der Waals surface area contributed by atoms with E-state index in [4.69, 9.17) is 5.73 Å². The van der Waals surface area contributed by atoms with Crippen molar-refractivity contribution >= 4 is 75.4 Å². The van der Waals surface area contributed by atoms with Gasteiger partial charge in [0.25, 0.3) is 11.8 Å². The third-order valence-electron chi connectivity index (χ3n) is 12.9. The lowest BCUT2D eigenvalue weighted by molar-refractivity contribution is -0.142. The van der Waals surface area contributed by atoms with E-state index in [9.17, 15) is 43.2 Å². The average Bonchev–Trinajstić information content (AvgIpc) is 3.69. The molecule has 9 amide bonds. The minimum atomic E-state index is -1.02. The summed E-state index contributed by atoms with van der Waals surface area (Å²) in [7, 11) is 0. The van der Waals surface area contributed by atoms with Crippen molar-refractivity contribution in [2.75, 3.05) is 43.4 Å². The number of rotatable bonds is 20. The summed E-state index contributed by atoms with van der Waals surface area (Å²) < 4.78 is 0. The van der Waals surface area contributed by atoms with Crippen molar-refractivity contribution in [1.29, 1.82) is 0 Å². The lowest BCUT2D eigenvalue weighted by atomic mass is 9.81. The Labute approximate surface area is 398 Å². The second-order valence-electron chi connectivity index (χ2n) is 18.0. The number of nitrogens with two attached hydrogens (primary N) is 1. The first kappa shape index (κ1) is 49.2. The number of aromatic amines is 1. The number of benzene rings is 3. The van der Waals surface area contributed by atoms with Crippen molar-refractivity contribution in [3.8, 4) is 0 Å². The van der Waals surface area contributed by atoms with Crippen molar-refractivity contribution in [3.05, 3.63) is 107 Å². The van der Waals surface area contributed by atoms with Crippen LogP contribution in [-0.2, 0) is 29.4 Å². The lowest BCUT2D eigenvalue weighted by Crippen LogP contribution is -2.54. The number of fused-ring (bicyclic) bond motifs is 2. The zero-order valence-corrected chi connectivity index (χ0v) is 39.0. The minimum absolute atomic E-state index is 0.0998. The SMILES string of the molecule is CC(=O)N(CCCC(=O)NCCN[C@H](C(=O)N[C@@H](CCCNC(N)=O)C(=O)Nc1ccc(C(=O)Nc2ccc3[nH]c(C(=O)N4C[C@H]5CC56C4=CC(=O)c4ccccc46)cc3c2)cc1)C(C)C)C(C)=O. The van der Waals surface area contributed by atoms with E-state index >= 15 is 0 Å². The van der Waals surface area contributed by atoms with Crippen LogP contribution in [-0.4, -0.2) is 113 Å². The molecular formula is C50H58N10O9. The number of amides is 9. The van der Waals surface area contributed by atoms with Crippen LogP contribution in [0.3, 0.4) is 0 Å². The number of piperidine rings is 1. The highest BCUT2D eigenvalue weighted by Gasteiger charge is 2.67. The van der Waals surface area contributed by atoms with Gasteiger partial charge in [-0.15, -0.1) is 0 Å². The van der Waals surface area contributed by atoms with Gasteiger partial charge >= 0.3 is 6.03 Å². The number of aromatic nitrogens is 1. The summed E-state index contributed by atoms with van der Waals surface area (Å²) in [5.74, 6) is -2.74. The molecule has 0 bridgehead atoms. The number of carbonyl (C=O) groups excluding carboxylic acids is 9. The van der Waals surface area contributed by atoms with Crippen molar-refractivity contribution in [3.63, 3.8) is 0 Å². The molecule has 0 radical (unpaired) electrons. The summed E-state index contributed by atoms with van der Waals surface area (Å²) in [5, 5.41) is 17.6. The van der Waals surface area contributed by atoms with E-state index in [1.807, 2.05) is 38.1 Å². The number of allylic oxidation sites excluding steroid dienone is 2. The van der Waals surface area contributed by atoms with Crippen molar-refractivity contribution in [2.45, 2.75) is 77.3 Å². The predicted molar refractivity (Wildman–Crippen MR) is 257 cm³/mol. The monoisotopic (exact) mass is 942 g/mol. The molecule has 2 heterocycles. The molecule has 1 aliphatic heterocycles. The Bertz CT molecular complexity index is 2720. The Hall–Kier alpha value is -7.67. The molecular weight excluding hydrogens is 885 g/mol. The lowest BCUT2D eigenvalue weighted by Gasteiger charge is -2.29. The van der Waals surface area contributed by atoms with Gasteiger partial charge < -0.3 is 47.5 Å². The number of imide groups is 1. The highest BCUT2D eigenvalue weighted by molar-refractivity contribution is 6.10. The van der Waals surface area contributed by atoms with E-state index in [0.717, 1.165) is 22.6 Å². The third kappa shape index (κ3) is 11.2. The fourth-order valence-corrected chi connectivity index (χ4v) is 9.32. The standard InChI is InChI=1S/C50H58N10O9/c1-28(2)44(53-21-20-52-43(64)12-8-22-59(29(3)61)30(4)62)47(67)58-39(11-7-19-54-49(51)69)46(66)55-34-15-13-31(14-16-34)45(65)56-35-17-18-38-32(23-35)24-40(57-38)48(68)60-27-33-26-50(33)37-10-6-5-9-36(37)41(63)25-42(50)60/h5-6,9-10,13-18,23-25,28,33,39,44,53,57H,7-8,11-12,19-22,26-27H2,1-4H3,(H,52,64)(H,55,66)(H,56,65)(H,58,67)(H3,51,54,69)/t33-,39+,44+,50?/m1/s1. The molecule has 7 rings (SSSR count). The normalized spacial score (nSPS) is 17.3. The fraction of sp³-hybridized carbons (Fsp3) is 0.380. The van der Waals surface area contributed by atoms with E-state index in [-0.39, 0.29) is 73.9 Å². The Kier molecular flexibility index (Phi) is 15.1. The molecule has 19 nitrogen and oxygen atoms in total. The molecule has 4 aromatic rings. The van der Waals surface area contributed by atoms with E-state index < -0.39 is 47.7 Å². The van der Waals surface area contributed by atoms with E-state index in [2.05, 4.69) is 36.9 Å². The number of hydrogen-bond donors (Lipinski definition) is 8. The molecule has 3 aliphatic rings. The van der Waals surface area contributed by atoms with Crippen LogP contribution in [0.4, 0.5) is 16.2 Å². The molecule has 2 aliphatic carbocycles. The number of likely N-dealkylation sites (tertiary alicyclic amines) is 1. The van der Waals surface area contributed by atoms with Gasteiger partial charge in [0.15, 0.2) is 5.78 Å². The number of anilines is 2. The molecule has 3 aromatic carbocycles. The zero-order valence-electron chi connectivity index (χ0n) is 39.0. The molecule has 1 aromatic heterocycles. The Morgan fingerprint density at radius 2 is 1.57 bits per heavy atom. The predicted octanol–water partition coefficient (Wildman–Crippen LogP) is 3.69. The maximum absolute atomic E-state index is 13.9. The smallest absolute Gasteiger partial charge is 0.312 e.